The van der Waals surface area contributed by atoms with Crippen molar-refractivity contribution in [1.82, 2.24) is 0 Å². The van der Waals surface area contributed by atoms with E-state index in [1.165, 1.54) is 12.2 Å². The minimum Gasteiger partial charge on any atom is -0.237 e. The van der Waals surface area contributed by atoms with Gasteiger partial charge in [-0.25, -0.2) is 23.4 Å². The first-order chi connectivity index (χ1) is 6.13. The zero-order valence-corrected chi connectivity index (χ0v) is 6.27. The largest absolute Gasteiger partial charge is 0.237 e. The lowest BCUT2D eigenvalue weighted by atomic mass is 10.2. The van der Waals surface area contributed by atoms with Gasteiger partial charge < -0.3 is 0 Å². The third kappa shape index (κ3) is 1.34. The number of rotatable bonds is 0. The topological polar surface area (TPSA) is 40.9 Å². The Labute approximate surface area is 71.6 Å². The second-order valence-electron chi connectivity index (χ2n) is 2.34. The average Bonchev–Trinajstić information content (AvgIpc) is 2.53. The summed E-state index contributed by atoms with van der Waals surface area (Å²) in [5.74, 6) is -2.07. The first-order valence-electron chi connectivity index (χ1n) is 3.29. The van der Waals surface area contributed by atoms with Crippen LogP contribution in [0.15, 0.2) is 35.0 Å². The van der Waals surface area contributed by atoms with Crippen molar-refractivity contribution in [3.63, 3.8) is 0 Å². The monoisotopic (exact) mass is 187 g/mol. The van der Waals surface area contributed by atoms with Crippen LogP contribution in [0.4, 0.5) is 13.2 Å². The molecule has 0 aromatic carbocycles. The normalized spacial score (nSPS) is 19.0. The van der Waals surface area contributed by atoms with E-state index in [9.17, 15) is 13.2 Å². The van der Waals surface area contributed by atoms with Crippen LogP contribution in [0.5, 0.6) is 0 Å². The van der Waals surface area contributed by atoms with Gasteiger partial charge in [0.15, 0.2) is 17.8 Å². The van der Waals surface area contributed by atoms with Crippen molar-refractivity contribution in [3.8, 4) is 0 Å². The van der Waals surface area contributed by atoms with Crippen LogP contribution in [0, 0.1) is 5.41 Å². The molecule has 0 aromatic rings. The summed E-state index contributed by atoms with van der Waals surface area (Å²) < 4.78 is 37.5. The molecule has 1 N–H and O–H groups in total. The summed E-state index contributed by atoms with van der Waals surface area (Å²) in [6, 6.07) is 0. The molecule has 5 heteroatoms. The predicted molar refractivity (Wildman–Crippen MR) is 38.7 cm³/mol. The number of hydrogen-bond acceptors (Lipinski definition) is 2. The summed E-state index contributed by atoms with van der Waals surface area (Å²) in [6.45, 7) is 0. The number of hydrogen-bond donors (Lipinski definition) is 1. The van der Waals surface area contributed by atoms with E-state index >= 15 is 0 Å². The highest BCUT2D eigenvalue weighted by atomic mass is 19.2. The Balaban J connectivity index is 0.000000251. The molecule has 0 atom stereocenters. The van der Waals surface area contributed by atoms with Gasteiger partial charge in [-0.05, 0) is 0 Å². The van der Waals surface area contributed by atoms with Crippen LogP contribution in [0.1, 0.15) is 0 Å². The van der Waals surface area contributed by atoms with Gasteiger partial charge >= 0.3 is 0 Å². The molecule has 2 nitrogen and oxygen atoms in total. The minimum absolute atomic E-state index is 0.174. The molecule has 0 saturated heterocycles. The molecule has 2 aliphatic carbocycles. The summed E-state index contributed by atoms with van der Waals surface area (Å²) in [4.78, 5) is 8.35. The first kappa shape index (κ1) is 9.48. The molecule has 0 spiro atoms. The van der Waals surface area contributed by atoms with E-state index < -0.39 is 17.8 Å². The highest BCUT2D eigenvalue weighted by Crippen LogP contribution is 2.42. The van der Waals surface area contributed by atoms with Crippen LogP contribution in [-0.2, 0) is 4.79 Å². The van der Waals surface area contributed by atoms with Crippen LogP contribution in [0.25, 0.3) is 0 Å². The standard InChI is InChI=1S/C7H3F3.CHNO/c8-5-3-1-2-4(5)7(10)6(3)9;2-1-3/h1-2,5H;2H. The van der Waals surface area contributed by atoms with E-state index in [0.717, 1.165) is 6.08 Å². The molecule has 0 radical (unpaired) electrons. The van der Waals surface area contributed by atoms with E-state index in [0.29, 0.717) is 0 Å². The van der Waals surface area contributed by atoms with Crippen molar-refractivity contribution < 1.29 is 18.0 Å². The number of nitrogens with one attached hydrogen (secondary N) is 1. The van der Waals surface area contributed by atoms with Gasteiger partial charge in [-0.2, -0.15) is 0 Å². The lowest BCUT2D eigenvalue weighted by molar-refractivity contribution is 0.449. The summed E-state index contributed by atoms with van der Waals surface area (Å²) in [6.07, 6.45) is 1.72. The van der Waals surface area contributed by atoms with Crippen LogP contribution in [0.2, 0.25) is 0 Å². The molecule has 0 saturated carbocycles. The van der Waals surface area contributed by atoms with E-state index in [1.807, 2.05) is 0 Å². The number of isocyanates is 1. The Morgan fingerprint density at radius 3 is 1.69 bits per heavy atom. The molecule has 0 aromatic heterocycles. The zero-order valence-electron chi connectivity index (χ0n) is 6.27. The fourth-order valence-corrected chi connectivity index (χ4v) is 1.14. The lowest BCUT2D eigenvalue weighted by Crippen LogP contribution is -1.93. The van der Waals surface area contributed by atoms with Crippen LogP contribution in [-0.4, -0.2) is 12.3 Å². The fraction of sp³-hybridized carbons (Fsp3) is 0.125. The number of alkyl halides is 1. The number of allylic oxidation sites excluding steroid dienone is 6. The van der Waals surface area contributed by atoms with Gasteiger partial charge in [0.2, 0.25) is 6.08 Å². The van der Waals surface area contributed by atoms with Gasteiger partial charge in [0.25, 0.3) is 0 Å². The maximum absolute atomic E-state index is 12.6. The second kappa shape index (κ2) is 3.41. The lowest BCUT2D eigenvalue weighted by Gasteiger charge is -1.91. The molecule has 0 amide bonds. The Morgan fingerprint density at radius 1 is 1.23 bits per heavy atom. The molecule has 2 aliphatic rings. The smallest absolute Gasteiger partial charge is 0.231 e. The van der Waals surface area contributed by atoms with Crippen molar-refractivity contribution in [2.45, 2.75) is 6.17 Å². The molecular weight excluding hydrogens is 183 g/mol. The van der Waals surface area contributed by atoms with Gasteiger partial charge in [-0.1, -0.05) is 12.2 Å². The fourth-order valence-electron chi connectivity index (χ4n) is 1.14. The highest BCUT2D eigenvalue weighted by Gasteiger charge is 2.36. The second-order valence-corrected chi connectivity index (χ2v) is 2.34. The van der Waals surface area contributed by atoms with Gasteiger partial charge in [0.1, 0.15) is 0 Å². The summed E-state index contributed by atoms with van der Waals surface area (Å²) in [5.41, 5.74) is -0.347. The molecule has 0 unspecified atom stereocenters. The zero-order chi connectivity index (χ0) is 10.0. The molecular formula is C8H4F3NO. The molecule has 2 bridgehead atoms. The summed E-state index contributed by atoms with van der Waals surface area (Å²) in [7, 11) is 0. The van der Waals surface area contributed by atoms with E-state index in [1.54, 1.807) is 0 Å². The molecule has 13 heavy (non-hydrogen) atoms. The number of fused-ring (bicyclic) bond motifs is 2. The Kier molecular flexibility index (Phi) is 2.49. The van der Waals surface area contributed by atoms with E-state index in [-0.39, 0.29) is 11.1 Å². The van der Waals surface area contributed by atoms with Crippen LogP contribution in [0.3, 0.4) is 0 Å². The molecule has 0 aliphatic heterocycles. The van der Waals surface area contributed by atoms with E-state index in [4.69, 9.17) is 10.2 Å². The predicted octanol–water partition coefficient (Wildman–Crippen LogP) is 2.26. The van der Waals surface area contributed by atoms with Crippen LogP contribution >= 0.6 is 0 Å². The van der Waals surface area contributed by atoms with Crippen molar-refractivity contribution >= 4 is 6.08 Å². The van der Waals surface area contributed by atoms with Gasteiger partial charge in [-0.15, -0.1) is 0 Å². The minimum atomic E-state index is -1.56. The maximum Gasteiger partial charge on any atom is 0.231 e. The quantitative estimate of drug-likeness (QED) is 0.458. The molecule has 2 rings (SSSR count). The van der Waals surface area contributed by atoms with Crippen molar-refractivity contribution in [3.05, 3.63) is 35.0 Å². The summed E-state index contributed by atoms with van der Waals surface area (Å²) >= 11 is 0. The van der Waals surface area contributed by atoms with Crippen LogP contribution < -0.4 is 0 Å². The molecule has 0 heterocycles. The Morgan fingerprint density at radius 2 is 1.54 bits per heavy atom. The number of carbonyl (C=O) groups excluding carboxylic acids is 1. The van der Waals surface area contributed by atoms with Crippen molar-refractivity contribution in [1.29, 1.82) is 5.41 Å². The molecule has 68 valence electrons. The van der Waals surface area contributed by atoms with Gasteiger partial charge in [-0.3, -0.25) is 0 Å². The average molecular weight is 187 g/mol. The number of halogens is 3. The van der Waals surface area contributed by atoms with Gasteiger partial charge in [0, 0.05) is 11.1 Å². The maximum atomic E-state index is 12.6. The first-order valence-corrected chi connectivity index (χ1v) is 3.29. The SMILES string of the molecule is FC1=C2C=CC(=C1F)C2F.N=C=O. The van der Waals surface area contributed by atoms with Crippen molar-refractivity contribution in [2.24, 2.45) is 0 Å². The molecule has 0 fully saturated rings. The summed E-state index contributed by atoms with van der Waals surface area (Å²) in [5, 5.41) is 5.40. The Hall–Kier alpha value is -1.61. The highest BCUT2D eigenvalue weighted by molar-refractivity contribution is 5.59. The third-order valence-corrected chi connectivity index (χ3v) is 1.69. The third-order valence-electron chi connectivity index (χ3n) is 1.69. The Bertz CT molecular complexity index is 328. The van der Waals surface area contributed by atoms with Crippen molar-refractivity contribution in [2.75, 3.05) is 0 Å². The van der Waals surface area contributed by atoms with E-state index in [2.05, 4.69) is 0 Å². The van der Waals surface area contributed by atoms with Gasteiger partial charge in [0.05, 0.1) is 0 Å².